The van der Waals surface area contributed by atoms with E-state index in [1.165, 1.54) is 11.1 Å². The molecule has 0 saturated carbocycles. The normalized spacial score (nSPS) is 11.0. The maximum atomic E-state index is 4.74. The molecule has 0 aliphatic heterocycles. The number of aromatic nitrogens is 3. The van der Waals surface area contributed by atoms with Crippen molar-refractivity contribution in [3.8, 4) is 123 Å². The van der Waals surface area contributed by atoms with E-state index < -0.39 is 0 Å². The number of aryl methyl sites for hydroxylation is 2. The second-order valence-electron chi connectivity index (χ2n) is 18.7. The fraction of sp³-hybridized carbons (Fsp3) is 0.0282. The minimum atomic E-state index is 0. The van der Waals surface area contributed by atoms with Gasteiger partial charge in [-0.2, -0.15) is 0 Å². The zero-order valence-corrected chi connectivity index (χ0v) is 43.8. The quantitative estimate of drug-likeness (QED) is 0.121. The predicted molar refractivity (Wildman–Crippen MR) is 306 cm³/mol. The molecule has 0 fully saturated rings. The molecule has 12 rings (SSSR count). The van der Waals surface area contributed by atoms with Gasteiger partial charge in [0.05, 0.1) is 0 Å². The predicted octanol–water partition coefficient (Wildman–Crippen LogP) is 18.2. The number of hydrogen-bond acceptors (Lipinski definition) is 3. The van der Waals surface area contributed by atoms with Gasteiger partial charge in [0, 0.05) is 18.6 Å². The summed E-state index contributed by atoms with van der Waals surface area (Å²) >= 11 is 0. The summed E-state index contributed by atoms with van der Waals surface area (Å²) < 4.78 is 0. The van der Waals surface area contributed by atoms with Gasteiger partial charge in [-0.3, -0.25) is 0 Å². The van der Waals surface area contributed by atoms with E-state index in [-0.39, 0.29) is 20.1 Å². The van der Waals surface area contributed by atoms with Crippen LogP contribution in [0.3, 0.4) is 0 Å². The van der Waals surface area contributed by atoms with Gasteiger partial charge in [-0.1, -0.05) is 203 Å². The van der Waals surface area contributed by atoms with Gasteiger partial charge >= 0.3 is 20.1 Å². The van der Waals surface area contributed by atoms with Crippen LogP contribution in [0.5, 0.6) is 0 Å². The van der Waals surface area contributed by atoms with Crippen molar-refractivity contribution in [1.82, 2.24) is 15.0 Å². The molecule has 3 heterocycles. The SMILES string of the molecule is Cc1ccc(-c2[c-]cc(-c3ccccc3-c3cc(-c4ccccc4-c4c[c-]c(-c5ccc(C)cn5)cc4)cc(-c4ccccc4-c4c[c-]c(-c5ccccn5)cc4-c4ccc(-c5ccccc5)cc4)c3)cc2)nc1.[Ir+3]. The van der Waals surface area contributed by atoms with Gasteiger partial charge in [0.15, 0.2) is 0 Å². The first-order chi connectivity index (χ1) is 36.5. The van der Waals surface area contributed by atoms with Gasteiger partial charge in [0.25, 0.3) is 0 Å². The van der Waals surface area contributed by atoms with Crippen LogP contribution >= 0.6 is 0 Å². The average molecular weight is 1140 g/mol. The number of nitrogens with zero attached hydrogens (tertiary/aromatic N) is 3. The molecule has 0 amide bonds. The molecule has 12 aromatic rings. The Morgan fingerprint density at radius 2 is 0.680 bits per heavy atom. The van der Waals surface area contributed by atoms with Crippen LogP contribution in [0.2, 0.25) is 0 Å². The Bertz CT molecular complexity index is 3760. The second-order valence-corrected chi connectivity index (χ2v) is 18.7. The van der Waals surface area contributed by atoms with Crippen molar-refractivity contribution in [3.63, 3.8) is 0 Å². The summed E-state index contributed by atoms with van der Waals surface area (Å²) in [4.78, 5) is 14.1. The maximum Gasteiger partial charge on any atom is 3.00 e. The fourth-order valence-corrected chi connectivity index (χ4v) is 9.89. The smallest absolute Gasteiger partial charge is 0.305 e. The summed E-state index contributed by atoms with van der Waals surface area (Å²) in [6.45, 7) is 4.11. The van der Waals surface area contributed by atoms with E-state index in [9.17, 15) is 0 Å². The van der Waals surface area contributed by atoms with Crippen molar-refractivity contribution in [2.75, 3.05) is 0 Å². The molecule has 0 radical (unpaired) electrons. The molecule has 3 aromatic heterocycles. The number of pyridine rings is 3. The fourth-order valence-electron chi connectivity index (χ4n) is 9.89. The van der Waals surface area contributed by atoms with Gasteiger partial charge in [-0.25, -0.2) is 0 Å². The zero-order valence-electron chi connectivity index (χ0n) is 41.4. The van der Waals surface area contributed by atoms with E-state index in [0.717, 1.165) is 123 Å². The van der Waals surface area contributed by atoms with E-state index in [2.05, 4.69) is 260 Å². The molecule has 0 unspecified atom stereocenters. The third-order valence-electron chi connectivity index (χ3n) is 13.8. The van der Waals surface area contributed by atoms with Gasteiger partial charge in [-0.05, 0) is 116 Å². The molecular formula is C71H48IrN3. The molecule has 3 nitrogen and oxygen atoms in total. The van der Waals surface area contributed by atoms with Crippen LogP contribution in [0.4, 0.5) is 0 Å². The van der Waals surface area contributed by atoms with Gasteiger partial charge in [-0.15, -0.1) is 83.4 Å². The first-order valence-corrected chi connectivity index (χ1v) is 25.0. The number of benzene rings is 9. The van der Waals surface area contributed by atoms with Crippen molar-refractivity contribution in [1.29, 1.82) is 0 Å². The van der Waals surface area contributed by atoms with Gasteiger partial charge < -0.3 is 15.0 Å². The van der Waals surface area contributed by atoms with Crippen molar-refractivity contribution in [2.45, 2.75) is 13.8 Å². The summed E-state index contributed by atoms with van der Waals surface area (Å²) in [5.74, 6) is 0. The van der Waals surface area contributed by atoms with E-state index in [1.54, 1.807) is 0 Å². The summed E-state index contributed by atoms with van der Waals surface area (Å²) in [7, 11) is 0. The first-order valence-electron chi connectivity index (χ1n) is 25.0. The minimum Gasteiger partial charge on any atom is -0.305 e. The molecule has 0 atom stereocenters. The Labute approximate surface area is 453 Å². The minimum absolute atomic E-state index is 0. The van der Waals surface area contributed by atoms with Crippen LogP contribution in [-0.2, 0) is 20.1 Å². The molecule has 356 valence electrons. The second kappa shape index (κ2) is 21.7. The molecule has 9 aromatic carbocycles. The first kappa shape index (κ1) is 48.4. The average Bonchev–Trinajstić information content (AvgIpc) is 3.48. The van der Waals surface area contributed by atoms with Crippen LogP contribution in [0, 0.1) is 32.0 Å². The summed E-state index contributed by atoms with van der Waals surface area (Å²) in [5.41, 5.74) is 25.6. The summed E-state index contributed by atoms with van der Waals surface area (Å²) in [6, 6.07) is 95.0. The Hall–Kier alpha value is -8.92. The topological polar surface area (TPSA) is 38.7 Å². The van der Waals surface area contributed by atoms with Gasteiger partial charge in [0.1, 0.15) is 0 Å². The Morgan fingerprint density at radius 1 is 0.267 bits per heavy atom. The number of rotatable bonds is 11. The standard InChI is InChI=1S/C71H48N3.Ir/c1-48-23-39-70(73-46-48)55-33-29-52(30-34-55)61-16-6-8-18-63(61)58-42-59(64-19-9-7-17-62(64)53-31-35-56(36-32-53)71-40-24-49(2)47-74-71)44-60(43-58)65-20-10-11-21-66(65)67-38-37-57(69-22-12-13-41-72-69)45-68(67)54-27-25-51(26-28-54)50-14-4-3-5-15-50;/h3-33,35,38-47H,1-2H3;/q-3;+3. The van der Waals surface area contributed by atoms with Crippen LogP contribution < -0.4 is 0 Å². The van der Waals surface area contributed by atoms with Crippen LogP contribution in [0.1, 0.15) is 11.1 Å². The van der Waals surface area contributed by atoms with Crippen LogP contribution in [0.25, 0.3) is 123 Å². The van der Waals surface area contributed by atoms with E-state index in [1.807, 2.05) is 36.8 Å². The summed E-state index contributed by atoms with van der Waals surface area (Å²) in [6.07, 6.45) is 5.65. The van der Waals surface area contributed by atoms with Crippen molar-refractivity contribution >= 4 is 0 Å². The molecular weight excluding hydrogens is 1090 g/mol. The van der Waals surface area contributed by atoms with Crippen molar-refractivity contribution in [2.24, 2.45) is 0 Å². The Kier molecular flexibility index (Phi) is 14.0. The van der Waals surface area contributed by atoms with Crippen LogP contribution in [0.15, 0.2) is 255 Å². The molecule has 4 heteroatoms. The van der Waals surface area contributed by atoms with E-state index in [0.29, 0.717) is 0 Å². The van der Waals surface area contributed by atoms with Crippen LogP contribution in [-0.4, -0.2) is 15.0 Å². The molecule has 0 bridgehead atoms. The van der Waals surface area contributed by atoms with Crippen molar-refractivity contribution < 1.29 is 20.1 Å². The Morgan fingerprint density at radius 3 is 1.15 bits per heavy atom. The number of hydrogen-bond donors (Lipinski definition) is 0. The summed E-state index contributed by atoms with van der Waals surface area (Å²) in [5, 5.41) is 0. The molecule has 0 aliphatic carbocycles. The Balaban J connectivity index is 0.00000602. The van der Waals surface area contributed by atoms with E-state index >= 15 is 0 Å². The largest absolute Gasteiger partial charge is 3.00 e. The molecule has 0 aliphatic rings. The molecule has 0 spiro atoms. The maximum absolute atomic E-state index is 4.74. The monoisotopic (exact) mass is 1140 g/mol. The van der Waals surface area contributed by atoms with E-state index in [4.69, 9.17) is 4.98 Å². The molecule has 0 saturated heterocycles. The molecule has 0 N–H and O–H groups in total. The zero-order chi connectivity index (χ0) is 49.8. The third-order valence-corrected chi connectivity index (χ3v) is 13.8. The van der Waals surface area contributed by atoms with Crippen molar-refractivity contribution in [3.05, 3.63) is 285 Å². The van der Waals surface area contributed by atoms with Gasteiger partial charge in [0.2, 0.25) is 0 Å². The molecule has 75 heavy (non-hydrogen) atoms. The third kappa shape index (κ3) is 10.2.